The molecule has 11 N–H and O–H groups in total. The molecule has 9 rings (SSSR count). The van der Waals surface area contributed by atoms with E-state index in [1.807, 2.05) is 9.13 Å². The van der Waals surface area contributed by atoms with Crippen molar-refractivity contribution < 1.29 is 368 Å². The van der Waals surface area contributed by atoms with Gasteiger partial charge in [-0.15, -0.1) is 0 Å². The topological polar surface area (TPSA) is 306 Å². The van der Waals surface area contributed by atoms with Crippen molar-refractivity contribution in [1.29, 1.82) is 0 Å². The van der Waals surface area contributed by atoms with Crippen LogP contribution in [-0.4, -0.2) is 114 Å². The number of nitrogens with zero attached hydrogens (tertiary/aromatic N) is 9. The van der Waals surface area contributed by atoms with Gasteiger partial charge in [-0.3, -0.25) is 29.3 Å². The average Bonchev–Trinajstić information content (AvgIpc) is 4.07. The fourth-order valence-corrected chi connectivity index (χ4v) is 13.6. The minimum Gasteiger partial charge on any atom is -0.840 e. The Bertz CT molecular complexity index is 2790. The maximum Gasteiger partial charge on any atom is 1.00 e. The molecule has 9 atom stereocenters. The van der Waals surface area contributed by atoms with Gasteiger partial charge in [0, 0.05) is 19.8 Å². The normalized spacial score (nSPS) is 25.2. The van der Waals surface area contributed by atoms with Gasteiger partial charge in [0.1, 0.15) is 5.69 Å². The molecule has 3 saturated carbocycles. The van der Waals surface area contributed by atoms with Crippen molar-refractivity contribution in [3.05, 3.63) is 88.4 Å². The maximum absolute atomic E-state index is 12.7. The summed E-state index contributed by atoms with van der Waals surface area (Å²) in [4.78, 5) is 56.6. The Kier molecular flexibility index (Phi) is 29.0. The summed E-state index contributed by atoms with van der Waals surface area (Å²) in [6.07, 6.45) is 6.72. The first-order valence-corrected chi connectivity index (χ1v) is 22.5. The van der Waals surface area contributed by atoms with Crippen LogP contribution in [0.1, 0.15) is 43.1 Å². The molecule has 3 aliphatic carbocycles. The number of rotatable bonds is 13. The first-order valence-electron chi connectivity index (χ1n) is 19.5. The van der Waals surface area contributed by atoms with Gasteiger partial charge in [-0.25, -0.2) is 15.0 Å². The van der Waals surface area contributed by atoms with Crippen LogP contribution < -0.4 is 383 Å². The SMILES string of the molecule is C=C1NC(N)=Nc2c1ncn2[C@H]1C[C@H]([Si-]OC[C@H]2C(=C)[C@@H](n3cnc4c(=O)[nH]c(N)nc43)C[C@@H]2[Si-]O[Si-][C@H]2C[C@H](n3cnc4c(=O)[nH]c(N)nc43)C(=C)[C@@H]2CO)[C@@H](CO)C1=C.[Rb+].[Rb+].[Rb+].[Rb+].[Rb+].[Rb+]. The molecule has 0 bridgehead atoms. The summed E-state index contributed by atoms with van der Waals surface area (Å²) in [5.74, 6) is 0.187. The first kappa shape index (κ1) is 66.3. The quantitative estimate of drug-likeness (QED) is 0.0401. The second kappa shape index (κ2) is 29.3. The van der Waals surface area contributed by atoms with Gasteiger partial charge in [0.15, 0.2) is 34.1 Å². The van der Waals surface area contributed by atoms with Crippen LogP contribution in [0.25, 0.3) is 28.0 Å². The number of aliphatic hydroxyl groups is 2. The van der Waals surface area contributed by atoms with Crippen LogP contribution in [0.5, 0.6) is 0 Å². The largest absolute Gasteiger partial charge is 1.00 e. The summed E-state index contributed by atoms with van der Waals surface area (Å²) in [6, 6.07) is -0.724. The number of hydrogen-bond acceptors (Lipinski definition) is 16. The number of anilines is 2. The number of nitrogen functional groups attached to an aromatic ring is 2. The third-order valence-electron chi connectivity index (χ3n) is 12.4. The van der Waals surface area contributed by atoms with E-state index in [1.165, 1.54) is 0 Å². The molecule has 0 spiro atoms. The van der Waals surface area contributed by atoms with Gasteiger partial charge in [-0.05, 0) is 17.8 Å². The van der Waals surface area contributed by atoms with Crippen LogP contribution in [0.3, 0.4) is 0 Å². The number of hydrogen-bond donors (Lipinski definition) is 8. The Balaban J connectivity index is 0.00000198. The summed E-state index contributed by atoms with van der Waals surface area (Å²) in [5.41, 5.74) is 21.7. The van der Waals surface area contributed by atoms with Crippen molar-refractivity contribution >= 4 is 81.0 Å². The molecule has 0 amide bonds. The Hall–Kier alpha value is 5.06. The Morgan fingerprint density at radius 3 is 1.58 bits per heavy atom. The second-order valence-electron chi connectivity index (χ2n) is 15.7. The summed E-state index contributed by atoms with van der Waals surface area (Å²) in [5, 5.41) is 24.0. The van der Waals surface area contributed by atoms with E-state index in [4.69, 9.17) is 25.7 Å². The summed E-state index contributed by atoms with van der Waals surface area (Å²) in [6.45, 7) is 17.4. The summed E-state index contributed by atoms with van der Waals surface area (Å²) in [7, 11) is 0.0874. The predicted octanol–water partition coefficient (Wildman–Crippen LogP) is -17.5. The standard InChI is InChI=1S/C37H43N15O6Si3.6Rb/c1-14-18(8-53)24(5-21(14)50-11-41-27-17(4)44-35(38)45-30(27)50)59-57-10-20-16(3)23(52-13-43-29-32(52)47-37(40)49-34(29)56)7-26(20)61-58-60-25-6-22(15(2)19(25)9-54)51-12-42-28-31(51)46-36(39)48-33(28)55;;;;;;/h11-13,18-26,53-54H,1-10H2,(H3,38,44,45)(H3,39,46,48,55)(H3,40,47,49,56);;;;;;/q-3;6*+1/t18-,19-,20-,21-,22-,23-,24-,25-,26-;;;;;;/m0....../s1. The van der Waals surface area contributed by atoms with Gasteiger partial charge in [0.05, 0.1) is 42.8 Å². The van der Waals surface area contributed by atoms with Crippen molar-refractivity contribution in [1.82, 2.24) is 53.9 Å². The predicted molar refractivity (Wildman–Crippen MR) is 229 cm³/mol. The Morgan fingerprint density at radius 2 is 1.09 bits per heavy atom. The molecule has 4 aliphatic rings. The minimum atomic E-state index is -0.429. The molecule has 0 saturated heterocycles. The zero-order valence-corrected chi connectivity index (χ0v) is 71.3. The molecule has 0 aromatic carbocycles. The Labute approximate surface area is 686 Å². The van der Waals surface area contributed by atoms with E-state index in [-0.39, 0.29) is 473 Å². The maximum atomic E-state index is 12.7. The van der Waals surface area contributed by atoms with E-state index in [9.17, 15) is 19.8 Å². The number of imidazole rings is 3. The van der Waals surface area contributed by atoms with Crippen LogP contribution in [0, 0.1) is 17.8 Å². The molecule has 5 aromatic heterocycles. The molecule has 3 fully saturated rings. The summed E-state index contributed by atoms with van der Waals surface area (Å²) < 4.78 is 18.7. The third-order valence-corrected chi connectivity index (χ3v) is 16.5. The molecule has 0 unspecified atom stereocenters. The molecule has 6 heterocycles. The summed E-state index contributed by atoms with van der Waals surface area (Å²) >= 11 is 0. The van der Waals surface area contributed by atoms with Gasteiger partial charge in [-0.2, -0.15) is 31.6 Å². The van der Waals surface area contributed by atoms with Crippen LogP contribution >= 0.6 is 0 Å². The molecule has 317 valence electrons. The number of fused-ring (bicyclic) bond motifs is 3. The molecule has 1 aliphatic heterocycles. The zero-order valence-electron chi connectivity index (χ0n) is 38.8. The van der Waals surface area contributed by atoms with Crippen molar-refractivity contribution in [2.24, 2.45) is 28.5 Å². The van der Waals surface area contributed by atoms with E-state index < -0.39 is 11.1 Å². The van der Waals surface area contributed by atoms with Crippen molar-refractivity contribution in [3.63, 3.8) is 0 Å². The molecule has 67 heavy (non-hydrogen) atoms. The monoisotopic (exact) mass is 1390 g/mol. The number of nitrogens with two attached hydrogens (primary N) is 3. The van der Waals surface area contributed by atoms with Gasteiger partial charge < -0.3 is 74.5 Å². The van der Waals surface area contributed by atoms with Crippen LogP contribution in [0.2, 0.25) is 16.6 Å². The van der Waals surface area contributed by atoms with Crippen molar-refractivity contribution in [3.8, 4) is 0 Å². The molecular formula is C37H43N15O6Rb6Si3+3. The number of aromatic amines is 2. The van der Waals surface area contributed by atoms with Crippen LogP contribution in [-0.2, 0) is 8.54 Å². The molecular weight excluding hydrogens is 1350 g/mol. The van der Waals surface area contributed by atoms with E-state index >= 15 is 0 Å². The number of H-pyrrole nitrogens is 2. The Morgan fingerprint density at radius 1 is 0.657 bits per heavy atom. The van der Waals surface area contributed by atoms with Gasteiger partial charge >= 0.3 is 349 Å². The molecule has 3 radical (unpaired) electrons. The van der Waals surface area contributed by atoms with Gasteiger partial charge in [0.25, 0.3) is 11.1 Å². The van der Waals surface area contributed by atoms with E-state index in [0.717, 1.165) is 16.7 Å². The van der Waals surface area contributed by atoms with Crippen molar-refractivity contribution in [2.75, 3.05) is 31.3 Å². The molecule has 5 aromatic rings. The van der Waals surface area contributed by atoms with E-state index in [2.05, 4.69) is 71.5 Å². The molecule has 21 nitrogen and oxygen atoms in total. The van der Waals surface area contributed by atoms with Crippen LogP contribution in [0.15, 0.2) is 76.6 Å². The third kappa shape index (κ3) is 13.9. The van der Waals surface area contributed by atoms with Crippen LogP contribution in [0.4, 0.5) is 17.7 Å². The second-order valence-corrected chi connectivity index (χ2v) is 19.8. The number of nitrogens with one attached hydrogen (secondary N) is 3. The smallest absolute Gasteiger partial charge is 0.840 e. The average molecular weight is 1390 g/mol. The number of aromatic nitrogens is 10. The zero-order chi connectivity index (χ0) is 42.9. The van der Waals surface area contributed by atoms with Crippen molar-refractivity contribution in [2.45, 2.75) is 54.0 Å². The number of aliphatic hydroxyl groups excluding tert-OH is 2. The van der Waals surface area contributed by atoms with E-state index in [0.29, 0.717) is 54.4 Å². The number of aliphatic imine (C=N–C) groups is 1. The number of guanidine groups is 1. The fourth-order valence-electron chi connectivity index (χ4n) is 9.20. The van der Waals surface area contributed by atoms with E-state index in [1.54, 1.807) is 23.5 Å². The minimum absolute atomic E-state index is 0. The molecule has 30 heteroatoms. The fraction of sp³-hybridized carbons (Fsp3) is 0.405. The first-order chi connectivity index (χ1) is 29.4. The van der Waals surface area contributed by atoms with Gasteiger partial charge in [0.2, 0.25) is 11.9 Å². The van der Waals surface area contributed by atoms with Gasteiger partial charge in [-0.1, -0.05) is 62.3 Å².